The van der Waals surface area contributed by atoms with Crippen molar-refractivity contribution in [3.8, 4) is 0 Å². The Hall–Kier alpha value is -0.443. The van der Waals surface area contributed by atoms with Gasteiger partial charge in [-0.2, -0.15) is 0 Å². The van der Waals surface area contributed by atoms with Gasteiger partial charge in [0.2, 0.25) is 0 Å². The summed E-state index contributed by atoms with van der Waals surface area (Å²) in [6.07, 6.45) is 2.29. The van der Waals surface area contributed by atoms with Crippen molar-refractivity contribution in [1.82, 2.24) is 9.80 Å². The first-order valence-corrected chi connectivity index (χ1v) is 6.89. The third-order valence-electron chi connectivity index (χ3n) is 2.20. The van der Waals surface area contributed by atoms with Crippen molar-refractivity contribution >= 4 is 9.52 Å². The first-order chi connectivity index (χ1) is 5.65. The van der Waals surface area contributed by atoms with Gasteiger partial charge >= 0.3 is 0 Å². The molecular formula is C9H22N2Si. The normalized spacial score (nSPS) is 12.6. The highest BCUT2D eigenvalue weighted by atomic mass is 28.2. The zero-order valence-corrected chi connectivity index (χ0v) is 10.5. The van der Waals surface area contributed by atoms with Crippen LogP contribution in [0.4, 0.5) is 0 Å². The van der Waals surface area contributed by atoms with E-state index in [9.17, 15) is 0 Å². The average molecular weight is 186 g/mol. The van der Waals surface area contributed by atoms with E-state index in [0.717, 1.165) is 13.1 Å². The van der Waals surface area contributed by atoms with E-state index in [1.54, 1.807) is 5.32 Å². The summed E-state index contributed by atoms with van der Waals surface area (Å²) in [6, 6.07) is 0. The van der Waals surface area contributed by atoms with Crippen molar-refractivity contribution in [2.75, 3.05) is 27.2 Å². The number of hydrogen-bond acceptors (Lipinski definition) is 2. The molecule has 0 radical (unpaired) electrons. The summed E-state index contributed by atoms with van der Waals surface area (Å²) < 4.78 is 0. The van der Waals surface area contributed by atoms with Gasteiger partial charge in [0, 0.05) is 38.7 Å². The Kier molecular flexibility index (Phi) is 5.89. The van der Waals surface area contributed by atoms with Gasteiger partial charge in [-0.25, -0.2) is 0 Å². The number of nitrogens with zero attached hydrogens (tertiary/aromatic N) is 2. The van der Waals surface area contributed by atoms with Gasteiger partial charge < -0.3 is 9.80 Å². The second kappa shape index (κ2) is 6.12. The maximum absolute atomic E-state index is 2.35. The largest absolute Gasteiger partial charge is 0.381 e. The van der Waals surface area contributed by atoms with Crippen molar-refractivity contribution in [2.24, 2.45) is 0 Å². The maximum atomic E-state index is 2.35. The molecule has 0 saturated heterocycles. The quantitative estimate of drug-likeness (QED) is 0.589. The van der Waals surface area contributed by atoms with Crippen LogP contribution in [0.2, 0.25) is 6.55 Å². The lowest BCUT2D eigenvalue weighted by atomic mass is 10.6. The van der Waals surface area contributed by atoms with E-state index >= 15 is 0 Å². The predicted octanol–water partition coefficient (Wildman–Crippen LogP) is 0.906. The van der Waals surface area contributed by atoms with Gasteiger partial charge in [-0.05, 0) is 13.8 Å². The Bertz CT molecular complexity index is 145. The molecule has 0 aliphatic rings. The molecule has 0 fully saturated rings. The van der Waals surface area contributed by atoms with Crippen molar-refractivity contribution in [1.29, 1.82) is 0 Å². The zero-order chi connectivity index (χ0) is 9.56. The topological polar surface area (TPSA) is 6.48 Å². The highest BCUT2D eigenvalue weighted by Gasteiger charge is 1.99. The fourth-order valence-electron chi connectivity index (χ4n) is 1.01. The summed E-state index contributed by atoms with van der Waals surface area (Å²) in [5.41, 5.74) is 0. The smallest absolute Gasteiger partial charge is 0.0741 e. The van der Waals surface area contributed by atoms with E-state index in [4.69, 9.17) is 0 Å². The van der Waals surface area contributed by atoms with Crippen LogP contribution in [-0.2, 0) is 0 Å². The fraction of sp³-hybridized carbons (Fsp3) is 0.778. The maximum Gasteiger partial charge on any atom is 0.0741 e. The Labute approximate surface area is 79.1 Å². The van der Waals surface area contributed by atoms with Crippen molar-refractivity contribution < 1.29 is 0 Å². The van der Waals surface area contributed by atoms with E-state index < -0.39 is 0 Å². The molecule has 2 nitrogen and oxygen atoms in total. The van der Waals surface area contributed by atoms with Gasteiger partial charge in [0.1, 0.15) is 0 Å². The first kappa shape index (κ1) is 11.6. The van der Waals surface area contributed by atoms with Gasteiger partial charge in [-0.1, -0.05) is 6.55 Å². The molecule has 0 aromatic rings. The molecule has 3 heteroatoms. The van der Waals surface area contributed by atoms with E-state index in [1.165, 1.54) is 0 Å². The molecule has 0 aliphatic heterocycles. The zero-order valence-electron chi connectivity index (χ0n) is 9.09. The van der Waals surface area contributed by atoms with Crippen LogP contribution in [0.25, 0.3) is 0 Å². The molecule has 0 aliphatic carbocycles. The number of rotatable bonds is 5. The van der Waals surface area contributed by atoms with Crippen LogP contribution in [0.3, 0.4) is 0 Å². The Morgan fingerprint density at radius 1 is 1.25 bits per heavy atom. The molecule has 0 unspecified atom stereocenters. The Morgan fingerprint density at radius 2 is 1.83 bits per heavy atom. The highest BCUT2D eigenvalue weighted by Crippen LogP contribution is 2.00. The minimum absolute atomic E-state index is 0.0372. The summed E-state index contributed by atoms with van der Waals surface area (Å²) in [5.74, 6) is 0. The molecule has 0 aromatic carbocycles. The van der Waals surface area contributed by atoms with Crippen LogP contribution in [0.5, 0.6) is 0 Å². The van der Waals surface area contributed by atoms with Gasteiger partial charge in [0.15, 0.2) is 0 Å². The lowest BCUT2D eigenvalue weighted by molar-refractivity contribution is 0.427. The van der Waals surface area contributed by atoms with E-state index in [0.29, 0.717) is 0 Å². The molecule has 0 saturated carbocycles. The van der Waals surface area contributed by atoms with E-state index in [1.807, 2.05) is 0 Å². The average Bonchev–Trinajstić information content (AvgIpc) is 2.12. The monoisotopic (exact) mass is 186 g/mol. The Morgan fingerprint density at radius 3 is 2.17 bits per heavy atom. The lowest BCUT2D eigenvalue weighted by Gasteiger charge is -2.22. The Balaban J connectivity index is 4.21. The molecule has 0 spiro atoms. The van der Waals surface area contributed by atoms with Crippen LogP contribution < -0.4 is 0 Å². The molecule has 0 aromatic heterocycles. The van der Waals surface area contributed by atoms with Crippen LogP contribution in [0, 0.1) is 0 Å². The summed E-state index contributed by atoms with van der Waals surface area (Å²) in [4.78, 5) is 4.59. The summed E-state index contributed by atoms with van der Waals surface area (Å²) in [6.45, 7) is 8.92. The molecular weight excluding hydrogens is 164 g/mol. The SMILES string of the molecule is CCN(C)C=C([SiH2]C)N(C)CC. The van der Waals surface area contributed by atoms with Crippen LogP contribution in [0.15, 0.2) is 11.5 Å². The predicted molar refractivity (Wildman–Crippen MR) is 59.1 cm³/mol. The summed E-state index contributed by atoms with van der Waals surface area (Å²) in [7, 11) is 4.27. The van der Waals surface area contributed by atoms with Crippen molar-refractivity contribution in [2.45, 2.75) is 20.4 Å². The second-order valence-electron chi connectivity index (χ2n) is 3.06. The number of hydrogen-bond donors (Lipinski definition) is 0. The van der Waals surface area contributed by atoms with Crippen LogP contribution in [0.1, 0.15) is 13.8 Å². The molecule has 0 heterocycles. The molecule has 0 N–H and O–H groups in total. The summed E-state index contributed by atoms with van der Waals surface area (Å²) in [5, 5.41) is 1.54. The molecule has 72 valence electrons. The van der Waals surface area contributed by atoms with Crippen molar-refractivity contribution in [3.63, 3.8) is 0 Å². The standard InChI is InChI=1S/C9H22N2Si/c1-6-10(3)8-9(12-5)11(4)7-2/h8H,6-7,12H2,1-5H3. The van der Waals surface area contributed by atoms with Gasteiger partial charge in [-0.15, -0.1) is 0 Å². The highest BCUT2D eigenvalue weighted by molar-refractivity contribution is 6.43. The second-order valence-corrected chi connectivity index (χ2v) is 4.49. The summed E-state index contributed by atoms with van der Waals surface area (Å²) >= 11 is 0. The van der Waals surface area contributed by atoms with Gasteiger partial charge in [0.25, 0.3) is 0 Å². The van der Waals surface area contributed by atoms with Crippen LogP contribution >= 0.6 is 0 Å². The minimum atomic E-state index is -0.0372. The molecule has 0 rings (SSSR count). The van der Waals surface area contributed by atoms with Gasteiger partial charge in [-0.3, -0.25) is 0 Å². The van der Waals surface area contributed by atoms with Gasteiger partial charge in [0.05, 0.1) is 9.52 Å². The van der Waals surface area contributed by atoms with E-state index in [2.05, 4.69) is 50.5 Å². The molecule has 12 heavy (non-hydrogen) atoms. The minimum Gasteiger partial charge on any atom is -0.381 e. The molecule has 0 bridgehead atoms. The third-order valence-corrected chi connectivity index (χ3v) is 3.64. The third kappa shape index (κ3) is 3.81. The fourth-order valence-corrected chi connectivity index (χ4v) is 2.27. The molecule has 0 amide bonds. The molecule has 0 atom stereocenters. The lowest BCUT2D eigenvalue weighted by Crippen LogP contribution is -2.23. The van der Waals surface area contributed by atoms with E-state index in [-0.39, 0.29) is 9.52 Å². The first-order valence-electron chi connectivity index (χ1n) is 4.77. The van der Waals surface area contributed by atoms with Crippen molar-refractivity contribution in [3.05, 3.63) is 11.5 Å². The van der Waals surface area contributed by atoms with Crippen LogP contribution in [-0.4, -0.2) is 46.5 Å².